The number of aliphatic imine (C=N–C) groups is 1. The van der Waals surface area contributed by atoms with Crippen LogP contribution in [0.4, 0.5) is 0 Å². The highest BCUT2D eigenvalue weighted by Crippen LogP contribution is 2.35. The molecule has 0 bridgehead atoms. The summed E-state index contributed by atoms with van der Waals surface area (Å²) in [6.07, 6.45) is 1.91. The van der Waals surface area contributed by atoms with Crippen LogP contribution < -0.4 is 11.1 Å². The van der Waals surface area contributed by atoms with Crippen molar-refractivity contribution in [3.05, 3.63) is 34.3 Å². The Morgan fingerprint density at radius 3 is 2.65 bits per heavy atom. The van der Waals surface area contributed by atoms with Crippen molar-refractivity contribution in [1.82, 2.24) is 5.32 Å². The van der Waals surface area contributed by atoms with Crippen molar-refractivity contribution in [2.75, 3.05) is 33.5 Å². The zero-order chi connectivity index (χ0) is 16.7. The van der Waals surface area contributed by atoms with Crippen LogP contribution in [0.15, 0.2) is 33.7 Å². The maximum atomic E-state index is 6.03. The standard InChI is InChI=1S/C17H26BrN3O2/c1-13(11-22-2)21-16(19)20-12-17(7-9-23-10-8-17)14-3-5-15(18)6-4-14/h3-6,13H,7-12H2,1-2H3,(H3,19,20,21). The highest BCUT2D eigenvalue weighted by Gasteiger charge is 2.34. The second kappa shape index (κ2) is 8.66. The molecule has 0 saturated carbocycles. The summed E-state index contributed by atoms with van der Waals surface area (Å²) in [5, 5.41) is 3.16. The summed E-state index contributed by atoms with van der Waals surface area (Å²) in [7, 11) is 1.68. The molecule has 1 atom stereocenters. The van der Waals surface area contributed by atoms with Crippen molar-refractivity contribution in [1.29, 1.82) is 0 Å². The Balaban J connectivity index is 2.11. The zero-order valence-electron chi connectivity index (χ0n) is 13.8. The van der Waals surface area contributed by atoms with Gasteiger partial charge in [-0.15, -0.1) is 0 Å². The Hall–Kier alpha value is -1.11. The van der Waals surface area contributed by atoms with Gasteiger partial charge in [0.25, 0.3) is 0 Å². The first-order valence-electron chi connectivity index (χ1n) is 7.95. The number of nitrogens with one attached hydrogen (secondary N) is 1. The smallest absolute Gasteiger partial charge is 0.188 e. The van der Waals surface area contributed by atoms with Gasteiger partial charge in [-0.05, 0) is 37.5 Å². The van der Waals surface area contributed by atoms with Gasteiger partial charge in [-0.2, -0.15) is 0 Å². The molecular weight excluding hydrogens is 358 g/mol. The molecule has 0 aromatic heterocycles. The average molecular weight is 384 g/mol. The van der Waals surface area contributed by atoms with Crippen LogP contribution in [0.25, 0.3) is 0 Å². The normalized spacial score (nSPS) is 19.3. The van der Waals surface area contributed by atoms with Gasteiger partial charge in [0.05, 0.1) is 13.2 Å². The van der Waals surface area contributed by atoms with E-state index in [4.69, 9.17) is 15.2 Å². The maximum Gasteiger partial charge on any atom is 0.188 e. The average Bonchev–Trinajstić information content (AvgIpc) is 2.55. The monoisotopic (exact) mass is 383 g/mol. The molecule has 6 heteroatoms. The second-order valence-corrected chi connectivity index (χ2v) is 7.02. The minimum Gasteiger partial charge on any atom is -0.383 e. The van der Waals surface area contributed by atoms with E-state index in [0.717, 1.165) is 30.5 Å². The minimum absolute atomic E-state index is 0.00422. The topological polar surface area (TPSA) is 68.9 Å². The molecule has 1 saturated heterocycles. The van der Waals surface area contributed by atoms with Gasteiger partial charge in [-0.3, -0.25) is 4.99 Å². The number of benzene rings is 1. The number of rotatable bonds is 6. The van der Waals surface area contributed by atoms with Crippen LogP contribution in [0.1, 0.15) is 25.3 Å². The fourth-order valence-electron chi connectivity index (χ4n) is 2.93. The van der Waals surface area contributed by atoms with E-state index >= 15 is 0 Å². The minimum atomic E-state index is -0.00422. The van der Waals surface area contributed by atoms with Crippen LogP contribution in [0.3, 0.4) is 0 Å². The summed E-state index contributed by atoms with van der Waals surface area (Å²) in [5.41, 5.74) is 7.32. The van der Waals surface area contributed by atoms with E-state index in [1.165, 1.54) is 5.56 Å². The first-order chi connectivity index (χ1) is 11.1. The van der Waals surface area contributed by atoms with Crippen molar-refractivity contribution < 1.29 is 9.47 Å². The molecule has 0 aliphatic carbocycles. The van der Waals surface area contributed by atoms with E-state index in [-0.39, 0.29) is 11.5 Å². The lowest BCUT2D eigenvalue weighted by molar-refractivity contribution is 0.0531. The van der Waals surface area contributed by atoms with Crippen LogP contribution in [-0.2, 0) is 14.9 Å². The number of nitrogens with two attached hydrogens (primary N) is 1. The van der Waals surface area contributed by atoms with E-state index in [2.05, 4.69) is 50.5 Å². The van der Waals surface area contributed by atoms with Gasteiger partial charge in [-0.25, -0.2) is 0 Å². The summed E-state index contributed by atoms with van der Waals surface area (Å²) in [6, 6.07) is 8.64. The number of hydrogen-bond acceptors (Lipinski definition) is 3. The third-order valence-electron chi connectivity index (χ3n) is 4.27. The SMILES string of the molecule is COCC(C)NC(N)=NCC1(c2ccc(Br)cc2)CCOCC1. The molecular formula is C17H26BrN3O2. The number of nitrogens with zero attached hydrogens (tertiary/aromatic N) is 1. The fourth-order valence-corrected chi connectivity index (χ4v) is 3.19. The molecule has 1 heterocycles. The Morgan fingerprint density at radius 2 is 2.04 bits per heavy atom. The first-order valence-corrected chi connectivity index (χ1v) is 8.74. The van der Waals surface area contributed by atoms with Gasteiger partial charge >= 0.3 is 0 Å². The Labute approximate surface area is 146 Å². The molecule has 1 aliphatic heterocycles. The van der Waals surface area contributed by atoms with Gasteiger partial charge in [0.1, 0.15) is 0 Å². The molecule has 23 heavy (non-hydrogen) atoms. The predicted octanol–water partition coefficient (Wildman–Crippen LogP) is 2.44. The molecule has 2 rings (SSSR count). The van der Waals surface area contributed by atoms with Crippen LogP contribution in [0.2, 0.25) is 0 Å². The number of ether oxygens (including phenoxy) is 2. The molecule has 3 N–H and O–H groups in total. The molecule has 1 unspecified atom stereocenters. The molecule has 1 aromatic carbocycles. The summed E-state index contributed by atoms with van der Waals surface area (Å²) in [6.45, 7) is 4.81. The summed E-state index contributed by atoms with van der Waals surface area (Å²) in [4.78, 5) is 4.60. The van der Waals surface area contributed by atoms with E-state index < -0.39 is 0 Å². The van der Waals surface area contributed by atoms with Crippen LogP contribution in [0.5, 0.6) is 0 Å². The lowest BCUT2D eigenvalue weighted by Gasteiger charge is -2.36. The van der Waals surface area contributed by atoms with E-state index in [1.807, 2.05) is 6.92 Å². The molecule has 0 spiro atoms. The predicted molar refractivity (Wildman–Crippen MR) is 96.8 cm³/mol. The first kappa shape index (κ1) is 18.2. The largest absolute Gasteiger partial charge is 0.383 e. The molecule has 0 radical (unpaired) electrons. The lowest BCUT2D eigenvalue weighted by Crippen LogP contribution is -2.43. The molecule has 0 amide bonds. The third-order valence-corrected chi connectivity index (χ3v) is 4.80. The van der Waals surface area contributed by atoms with Crippen molar-refractivity contribution >= 4 is 21.9 Å². The quantitative estimate of drug-likeness (QED) is 0.584. The molecule has 128 valence electrons. The summed E-state index contributed by atoms with van der Waals surface area (Å²) < 4.78 is 11.7. The van der Waals surface area contributed by atoms with Crippen molar-refractivity contribution in [2.24, 2.45) is 10.7 Å². The summed E-state index contributed by atoms with van der Waals surface area (Å²) in [5.74, 6) is 0.470. The van der Waals surface area contributed by atoms with E-state index in [1.54, 1.807) is 7.11 Å². The third kappa shape index (κ3) is 5.19. The van der Waals surface area contributed by atoms with Crippen molar-refractivity contribution in [3.63, 3.8) is 0 Å². The van der Waals surface area contributed by atoms with Crippen molar-refractivity contribution in [2.45, 2.75) is 31.2 Å². The highest BCUT2D eigenvalue weighted by molar-refractivity contribution is 9.10. The van der Waals surface area contributed by atoms with E-state index in [0.29, 0.717) is 19.1 Å². The number of methoxy groups -OCH3 is 1. The fraction of sp³-hybridized carbons (Fsp3) is 0.588. The van der Waals surface area contributed by atoms with Crippen LogP contribution >= 0.6 is 15.9 Å². The molecule has 1 fully saturated rings. The Kier molecular flexibility index (Phi) is 6.87. The number of halogens is 1. The van der Waals surface area contributed by atoms with Gasteiger partial charge in [0.2, 0.25) is 0 Å². The molecule has 1 aromatic rings. The zero-order valence-corrected chi connectivity index (χ0v) is 15.4. The summed E-state index contributed by atoms with van der Waals surface area (Å²) >= 11 is 3.50. The highest BCUT2D eigenvalue weighted by atomic mass is 79.9. The molecule has 5 nitrogen and oxygen atoms in total. The molecule has 1 aliphatic rings. The second-order valence-electron chi connectivity index (χ2n) is 6.10. The van der Waals surface area contributed by atoms with Gasteiger partial charge < -0.3 is 20.5 Å². The van der Waals surface area contributed by atoms with Gasteiger partial charge in [0, 0.05) is 36.3 Å². The maximum absolute atomic E-state index is 6.03. The lowest BCUT2D eigenvalue weighted by atomic mass is 9.74. The van der Waals surface area contributed by atoms with Crippen LogP contribution in [-0.4, -0.2) is 45.5 Å². The Bertz CT molecular complexity index is 513. The van der Waals surface area contributed by atoms with Crippen LogP contribution in [0, 0.1) is 0 Å². The number of guanidine groups is 1. The van der Waals surface area contributed by atoms with Gasteiger partial charge in [0.15, 0.2) is 5.96 Å². The number of hydrogen-bond donors (Lipinski definition) is 2. The Morgan fingerprint density at radius 1 is 1.39 bits per heavy atom. The van der Waals surface area contributed by atoms with Gasteiger partial charge in [-0.1, -0.05) is 28.1 Å². The van der Waals surface area contributed by atoms with E-state index in [9.17, 15) is 0 Å². The van der Waals surface area contributed by atoms with Crippen molar-refractivity contribution in [3.8, 4) is 0 Å².